The molecule has 9 nitrogen and oxygen atoms in total. The number of thiazole rings is 1. The number of aromatic nitrogens is 2. The summed E-state index contributed by atoms with van der Waals surface area (Å²) in [7, 11) is 0. The number of alkyl halides is 5. The van der Waals surface area contributed by atoms with E-state index in [4.69, 9.17) is 19.9 Å². The molecule has 0 spiro atoms. The van der Waals surface area contributed by atoms with Crippen molar-refractivity contribution in [2.24, 2.45) is 16.6 Å². The molecule has 1 amide bonds. The summed E-state index contributed by atoms with van der Waals surface area (Å²) < 4.78 is 66.0. The molecule has 4 atom stereocenters. The van der Waals surface area contributed by atoms with Crippen LogP contribution >= 0.6 is 33.9 Å². The third-order valence-corrected chi connectivity index (χ3v) is 6.36. The molecule has 0 radical (unpaired) electrons. The molecule has 1 unspecified atom stereocenters. The van der Waals surface area contributed by atoms with E-state index >= 15 is 0 Å². The monoisotopic (exact) mass is 601 g/mol. The number of halogens is 5. The van der Waals surface area contributed by atoms with Crippen molar-refractivity contribution in [3.63, 3.8) is 0 Å². The van der Waals surface area contributed by atoms with Crippen LogP contribution < -0.4 is 15.8 Å². The molecule has 1 saturated heterocycles. The Morgan fingerprint density at radius 3 is 2.88 bits per heavy atom. The van der Waals surface area contributed by atoms with Crippen LogP contribution in [0.25, 0.3) is 0 Å². The first-order valence-electron chi connectivity index (χ1n) is 9.41. The molecule has 3 N–H and O–H groups in total. The first kappa shape index (κ1) is 23.9. The second-order valence-corrected chi connectivity index (χ2v) is 9.05. The molecule has 0 saturated carbocycles. The minimum atomic E-state index is -4.52. The lowest BCUT2D eigenvalue weighted by Gasteiger charge is -2.44. The van der Waals surface area contributed by atoms with E-state index in [0.29, 0.717) is 5.01 Å². The number of amidine groups is 1. The predicted molar refractivity (Wildman–Crippen MR) is 117 cm³/mol. The van der Waals surface area contributed by atoms with Crippen molar-refractivity contribution in [2.75, 3.05) is 18.5 Å². The number of hydrogen-bond acceptors (Lipinski definition) is 9. The molecule has 0 bridgehead atoms. The fourth-order valence-corrected chi connectivity index (χ4v) is 4.78. The van der Waals surface area contributed by atoms with Crippen molar-refractivity contribution < 1.29 is 36.6 Å². The minimum absolute atomic E-state index is 0.0270. The molecule has 1 fully saturated rings. The van der Waals surface area contributed by atoms with Crippen molar-refractivity contribution in [1.29, 1.82) is 0 Å². The summed E-state index contributed by atoms with van der Waals surface area (Å²) in [6, 6.07) is 2.57. The molecule has 2 aromatic rings. The van der Waals surface area contributed by atoms with Crippen LogP contribution in [0, 0.1) is 5.92 Å². The number of ether oxygens (including phenoxy) is 3. The Kier molecular flexibility index (Phi) is 6.63. The van der Waals surface area contributed by atoms with Crippen molar-refractivity contribution in [3.8, 4) is 5.75 Å². The molecule has 2 aromatic heterocycles. The van der Waals surface area contributed by atoms with Crippen LogP contribution in [0.3, 0.4) is 0 Å². The van der Waals surface area contributed by atoms with Crippen LogP contribution in [-0.2, 0) is 15.0 Å². The van der Waals surface area contributed by atoms with Crippen LogP contribution in [-0.4, -0.2) is 51.8 Å². The van der Waals surface area contributed by atoms with Crippen LogP contribution in [0.1, 0.15) is 21.9 Å². The van der Waals surface area contributed by atoms with E-state index in [0.717, 1.165) is 11.3 Å². The van der Waals surface area contributed by atoms with Crippen LogP contribution in [0.5, 0.6) is 5.75 Å². The number of hydrogen-bond donors (Lipinski definition) is 2. The maximum atomic E-state index is 13.2. The molecule has 2 aliphatic heterocycles. The SMILES string of the molecule is NC1=N[C@@]2(c3nc(NC(=O)c4ccc(OC(F)I)cn4)cs3)CO[C@@H](C(F)(F)F)C[C@H]2CO1. The van der Waals surface area contributed by atoms with Crippen molar-refractivity contribution in [3.05, 3.63) is 34.4 Å². The van der Waals surface area contributed by atoms with Crippen LogP contribution in [0.4, 0.5) is 23.4 Å². The Bertz CT molecular complexity index is 1050. The van der Waals surface area contributed by atoms with Crippen molar-refractivity contribution >= 4 is 51.7 Å². The number of amides is 1. The highest BCUT2D eigenvalue weighted by atomic mass is 127. The van der Waals surface area contributed by atoms with Gasteiger partial charge in [-0.1, -0.05) is 0 Å². The Morgan fingerprint density at radius 2 is 2.21 bits per heavy atom. The van der Waals surface area contributed by atoms with Crippen molar-refractivity contribution in [1.82, 2.24) is 9.97 Å². The Balaban J connectivity index is 1.52. The molecule has 0 aromatic carbocycles. The van der Waals surface area contributed by atoms with Gasteiger partial charge in [-0.25, -0.2) is 15.0 Å². The van der Waals surface area contributed by atoms with Crippen molar-refractivity contribution in [2.45, 2.75) is 28.6 Å². The minimum Gasteiger partial charge on any atom is -0.465 e. The van der Waals surface area contributed by atoms with E-state index in [2.05, 4.69) is 20.3 Å². The van der Waals surface area contributed by atoms with Gasteiger partial charge in [-0.3, -0.25) is 4.79 Å². The van der Waals surface area contributed by atoms with E-state index in [-0.39, 0.29) is 42.9 Å². The third kappa shape index (κ3) is 5.13. The van der Waals surface area contributed by atoms with Gasteiger partial charge in [0.25, 0.3) is 16.3 Å². The molecule has 15 heteroatoms. The standard InChI is InChI=1S/C18H16F4IN5O4S/c19-15(23)32-9-1-2-10(25-4-9)13(29)26-12-6-33-14(27-12)17-7-31-11(18(20,21)22)3-8(17)5-30-16(24)28-17/h1-2,4,6,8,11,15H,3,5,7H2,(H2,24,28)(H,26,29)/t8-,11+,15?,17-/m0/s1. The van der Waals surface area contributed by atoms with Gasteiger partial charge in [0.05, 0.1) is 19.4 Å². The molecule has 2 aliphatic rings. The van der Waals surface area contributed by atoms with Gasteiger partial charge in [0.1, 0.15) is 27.8 Å². The average molecular weight is 601 g/mol. The molecule has 33 heavy (non-hydrogen) atoms. The highest BCUT2D eigenvalue weighted by Crippen LogP contribution is 2.47. The van der Waals surface area contributed by atoms with Gasteiger partial charge in [0.15, 0.2) is 6.10 Å². The third-order valence-electron chi connectivity index (χ3n) is 5.10. The summed E-state index contributed by atoms with van der Waals surface area (Å²) in [6.45, 7) is -0.454. The fraction of sp³-hybridized carbons (Fsp3) is 0.444. The van der Waals surface area contributed by atoms with E-state index < -0.39 is 34.0 Å². The number of aliphatic imine (C=N–C) groups is 1. The topological polar surface area (TPSA) is 121 Å². The Labute approximate surface area is 201 Å². The summed E-state index contributed by atoms with van der Waals surface area (Å²) in [5.41, 5.74) is 4.48. The normalized spacial score (nSPS) is 25.9. The number of carbonyl (C=O) groups is 1. The lowest BCUT2D eigenvalue weighted by atomic mass is 9.79. The zero-order valence-corrected chi connectivity index (χ0v) is 19.5. The molecular weight excluding hydrogens is 585 g/mol. The number of carbonyl (C=O) groups excluding carboxylic acids is 1. The summed E-state index contributed by atoms with van der Waals surface area (Å²) in [4.78, 5) is 25.0. The number of pyridine rings is 1. The van der Waals surface area contributed by atoms with Crippen LogP contribution in [0.15, 0.2) is 28.7 Å². The van der Waals surface area contributed by atoms with Gasteiger partial charge < -0.3 is 25.3 Å². The largest absolute Gasteiger partial charge is 0.465 e. The number of nitrogens with two attached hydrogens (primary N) is 1. The van der Waals surface area contributed by atoms with Gasteiger partial charge >= 0.3 is 6.18 Å². The van der Waals surface area contributed by atoms with Gasteiger partial charge in [0.2, 0.25) is 0 Å². The summed E-state index contributed by atoms with van der Waals surface area (Å²) in [6.07, 6.45) is -5.62. The van der Waals surface area contributed by atoms with Gasteiger partial charge in [0, 0.05) is 33.9 Å². The molecule has 0 aliphatic carbocycles. The highest BCUT2D eigenvalue weighted by molar-refractivity contribution is 14.1. The summed E-state index contributed by atoms with van der Waals surface area (Å²) in [5, 5.41) is 4.42. The van der Waals surface area contributed by atoms with Crippen LogP contribution in [0.2, 0.25) is 0 Å². The van der Waals surface area contributed by atoms with Gasteiger partial charge in [-0.15, -0.1) is 11.3 Å². The number of fused-ring (bicyclic) bond motifs is 1. The lowest BCUT2D eigenvalue weighted by Crippen LogP contribution is -2.54. The smallest absolute Gasteiger partial charge is 0.414 e. The second kappa shape index (κ2) is 9.17. The lowest BCUT2D eigenvalue weighted by molar-refractivity contribution is -0.249. The average Bonchev–Trinajstić information content (AvgIpc) is 3.21. The summed E-state index contributed by atoms with van der Waals surface area (Å²) in [5.74, 6) is -0.958. The number of nitrogens with zero attached hydrogens (tertiary/aromatic N) is 3. The fourth-order valence-electron chi connectivity index (χ4n) is 3.52. The maximum Gasteiger partial charge on any atom is 0.414 e. The van der Waals surface area contributed by atoms with E-state index in [1.54, 1.807) is 0 Å². The quantitative estimate of drug-likeness (QED) is 0.307. The highest BCUT2D eigenvalue weighted by Gasteiger charge is 2.56. The second-order valence-electron chi connectivity index (χ2n) is 7.21. The van der Waals surface area contributed by atoms with E-state index in [1.807, 2.05) is 0 Å². The molecular formula is C18H16F4IN5O4S. The van der Waals surface area contributed by atoms with E-state index in [9.17, 15) is 22.4 Å². The van der Waals surface area contributed by atoms with E-state index in [1.165, 1.54) is 46.3 Å². The Hall–Kier alpha value is -2.27. The number of nitrogens with one attached hydrogen (secondary N) is 1. The molecule has 4 rings (SSSR count). The summed E-state index contributed by atoms with van der Waals surface area (Å²) >= 11 is 2.53. The predicted octanol–water partition coefficient (Wildman–Crippen LogP) is 3.36. The Morgan fingerprint density at radius 1 is 1.42 bits per heavy atom. The number of anilines is 1. The zero-order valence-electron chi connectivity index (χ0n) is 16.5. The van der Waals surface area contributed by atoms with Gasteiger partial charge in [-0.05, 0) is 18.6 Å². The zero-order chi connectivity index (χ0) is 23.8. The first-order valence-corrected chi connectivity index (χ1v) is 11.5. The molecule has 178 valence electrons. The van der Waals surface area contributed by atoms with Gasteiger partial charge in [-0.2, -0.15) is 17.6 Å². The maximum absolute atomic E-state index is 13.2. The number of rotatable bonds is 5. The molecule has 4 heterocycles. The first-order chi connectivity index (χ1) is 15.6.